The zero-order valence-corrected chi connectivity index (χ0v) is 10.7. The minimum absolute atomic E-state index is 0.718. The molecular formula is C14H19N3O. The summed E-state index contributed by atoms with van der Waals surface area (Å²) in [6, 6.07) is 6.36. The van der Waals surface area contributed by atoms with Crippen LogP contribution < -0.4 is 10.6 Å². The molecule has 0 amide bonds. The fraction of sp³-hybridized carbons (Fsp3) is 0.500. The van der Waals surface area contributed by atoms with E-state index in [1.165, 1.54) is 19.3 Å². The fourth-order valence-electron chi connectivity index (χ4n) is 2.71. The van der Waals surface area contributed by atoms with E-state index in [2.05, 4.69) is 16.8 Å². The third-order valence-corrected chi connectivity index (χ3v) is 3.65. The molecule has 18 heavy (non-hydrogen) atoms. The molecule has 0 radical (unpaired) electrons. The number of nitrogens with two attached hydrogens (primary N) is 1. The van der Waals surface area contributed by atoms with Gasteiger partial charge in [0.25, 0.3) is 6.01 Å². The van der Waals surface area contributed by atoms with Crippen LogP contribution in [-0.4, -0.2) is 18.1 Å². The lowest BCUT2D eigenvalue weighted by atomic mass is 10.0. The molecule has 2 N–H and O–H groups in total. The fourth-order valence-corrected chi connectivity index (χ4v) is 2.71. The second-order valence-electron chi connectivity index (χ2n) is 5.11. The Morgan fingerprint density at radius 2 is 2.39 bits per heavy atom. The number of hydrogen-bond donors (Lipinski definition) is 1. The summed E-state index contributed by atoms with van der Waals surface area (Å²) in [6.45, 7) is 4.36. The third-order valence-electron chi connectivity index (χ3n) is 3.65. The van der Waals surface area contributed by atoms with Crippen LogP contribution in [0.5, 0.6) is 0 Å². The quantitative estimate of drug-likeness (QED) is 0.844. The summed E-state index contributed by atoms with van der Waals surface area (Å²) < 4.78 is 5.79. The van der Waals surface area contributed by atoms with Crippen molar-refractivity contribution in [2.75, 3.05) is 23.7 Å². The van der Waals surface area contributed by atoms with Crippen molar-refractivity contribution in [1.82, 2.24) is 4.98 Å². The lowest BCUT2D eigenvalue weighted by Gasteiger charge is -2.12. The molecule has 4 heteroatoms. The van der Waals surface area contributed by atoms with Gasteiger partial charge in [-0.25, -0.2) is 0 Å². The Balaban J connectivity index is 1.82. The molecule has 1 atom stereocenters. The standard InChI is InChI=1S/C14H19N3O/c1-2-3-10-6-7-17(9-10)14-16-12-5-4-11(15)8-13(12)18-14/h4-5,8,10H,2-3,6-7,9,15H2,1H3. The molecule has 3 rings (SSSR count). The predicted molar refractivity (Wildman–Crippen MR) is 73.6 cm³/mol. The maximum absolute atomic E-state index is 5.79. The van der Waals surface area contributed by atoms with Crippen LogP contribution in [0.3, 0.4) is 0 Å². The van der Waals surface area contributed by atoms with Gasteiger partial charge in [0.15, 0.2) is 5.58 Å². The highest BCUT2D eigenvalue weighted by Gasteiger charge is 2.25. The van der Waals surface area contributed by atoms with Crippen molar-refractivity contribution in [3.05, 3.63) is 18.2 Å². The molecule has 0 spiro atoms. The highest BCUT2D eigenvalue weighted by atomic mass is 16.4. The first-order chi connectivity index (χ1) is 8.76. The molecule has 0 bridgehead atoms. The maximum atomic E-state index is 5.79. The molecule has 0 aliphatic carbocycles. The molecule has 1 aliphatic heterocycles. The van der Waals surface area contributed by atoms with E-state index in [4.69, 9.17) is 10.2 Å². The van der Waals surface area contributed by atoms with Crippen molar-refractivity contribution in [1.29, 1.82) is 0 Å². The van der Waals surface area contributed by atoms with Crippen molar-refractivity contribution in [2.45, 2.75) is 26.2 Å². The Kier molecular flexibility index (Phi) is 2.86. The second kappa shape index (κ2) is 4.52. The van der Waals surface area contributed by atoms with E-state index in [1.807, 2.05) is 18.2 Å². The summed E-state index contributed by atoms with van der Waals surface area (Å²) >= 11 is 0. The Labute approximate surface area is 107 Å². The first kappa shape index (κ1) is 11.4. The van der Waals surface area contributed by atoms with E-state index in [1.54, 1.807) is 0 Å². The molecule has 0 saturated carbocycles. The normalized spacial score (nSPS) is 19.8. The Morgan fingerprint density at radius 1 is 1.50 bits per heavy atom. The van der Waals surface area contributed by atoms with Crippen molar-refractivity contribution in [2.24, 2.45) is 5.92 Å². The smallest absolute Gasteiger partial charge is 0.298 e. The van der Waals surface area contributed by atoms with Crippen LogP contribution in [0.15, 0.2) is 22.6 Å². The minimum Gasteiger partial charge on any atom is -0.423 e. The van der Waals surface area contributed by atoms with Crippen LogP contribution >= 0.6 is 0 Å². The van der Waals surface area contributed by atoms with Crippen LogP contribution in [0.4, 0.5) is 11.7 Å². The van der Waals surface area contributed by atoms with E-state index >= 15 is 0 Å². The minimum atomic E-state index is 0.718. The molecule has 1 aliphatic rings. The number of nitrogens with zero attached hydrogens (tertiary/aromatic N) is 2. The summed E-state index contributed by atoms with van der Waals surface area (Å²) in [5.74, 6) is 0.787. The lowest BCUT2D eigenvalue weighted by Crippen LogP contribution is -2.19. The number of aromatic nitrogens is 1. The molecule has 4 nitrogen and oxygen atoms in total. The molecule has 96 valence electrons. The van der Waals surface area contributed by atoms with Gasteiger partial charge in [0.05, 0.1) is 0 Å². The largest absolute Gasteiger partial charge is 0.423 e. The summed E-state index contributed by atoms with van der Waals surface area (Å²) in [7, 11) is 0. The van der Waals surface area contributed by atoms with Crippen molar-refractivity contribution < 1.29 is 4.42 Å². The number of benzene rings is 1. The summed E-state index contributed by atoms with van der Waals surface area (Å²) in [5, 5.41) is 0. The van der Waals surface area contributed by atoms with E-state index in [-0.39, 0.29) is 0 Å². The van der Waals surface area contributed by atoms with Crippen LogP contribution in [0, 0.1) is 5.92 Å². The van der Waals surface area contributed by atoms with Gasteiger partial charge in [0.2, 0.25) is 0 Å². The van der Waals surface area contributed by atoms with Crippen molar-refractivity contribution in [3.8, 4) is 0 Å². The number of oxazole rings is 1. The van der Waals surface area contributed by atoms with Gasteiger partial charge >= 0.3 is 0 Å². The van der Waals surface area contributed by atoms with Gasteiger partial charge in [-0.05, 0) is 30.9 Å². The molecule has 1 aromatic heterocycles. The van der Waals surface area contributed by atoms with E-state index in [9.17, 15) is 0 Å². The second-order valence-corrected chi connectivity index (χ2v) is 5.11. The number of anilines is 2. The molecule has 1 saturated heterocycles. The number of hydrogen-bond acceptors (Lipinski definition) is 4. The number of rotatable bonds is 3. The number of nitrogen functional groups attached to an aromatic ring is 1. The first-order valence-corrected chi connectivity index (χ1v) is 6.67. The molecule has 1 fully saturated rings. The van der Waals surface area contributed by atoms with Gasteiger partial charge in [0, 0.05) is 24.8 Å². The molecule has 1 aromatic carbocycles. The van der Waals surface area contributed by atoms with Gasteiger partial charge in [-0.2, -0.15) is 4.98 Å². The predicted octanol–water partition coefficient (Wildman–Crippen LogP) is 3.04. The van der Waals surface area contributed by atoms with Crippen LogP contribution in [0.2, 0.25) is 0 Å². The summed E-state index contributed by atoms with van der Waals surface area (Å²) in [4.78, 5) is 6.78. The Morgan fingerprint density at radius 3 is 3.22 bits per heavy atom. The van der Waals surface area contributed by atoms with Gasteiger partial charge in [-0.15, -0.1) is 0 Å². The Hall–Kier alpha value is -1.71. The Bertz CT molecular complexity index is 549. The zero-order chi connectivity index (χ0) is 12.5. The summed E-state index contributed by atoms with van der Waals surface area (Å²) in [6.07, 6.45) is 3.79. The highest BCUT2D eigenvalue weighted by Crippen LogP contribution is 2.29. The van der Waals surface area contributed by atoms with E-state index in [0.29, 0.717) is 0 Å². The third kappa shape index (κ3) is 2.03. The van der Waals surface area contributed by atoms with Gasteiger partial charge in [0.1, 0.15) is 5.52 Å². The molecule has 2 aromatic rings. The first-order valence-electron chi connectivity index (χ1n) is 6.67. The maximum Gasteiger partial charge on any atom is 0.298 e. The average Bonchev–Trinajstić information content (AvgIpc) is 2.94. The van der Waals surface area contributed by atoms with Gasteiger partial charge < -0.3 is 15.1 Å². The molecular weight excluding hydrogens is 226 g/mol. The zero-order valence-electron chi connectivity index (χ0n) is 10.7. The summed E-state index contributed by atoms with van der Waals surface area (Å²) in [5.41, 5.74) is 8.13. The van der Waals surface area contributed by atoms with Crippen LogP contribution in [-0.2, 0) is 0 Å². The SMILES string of the molecule is CCCC1CCN(c2nc3ccc(N)cc3o2)C1. The molecule has 2 heterocycles. The van der Waals surface area contributed by atoms with Gasteiger partial charge in [-0.1, -0.05) is 13.3 Å². The van der Waals surface area contributed by atoms with Crippen LogP contribution in [0.25, 0.3) is 11.1 Å². The van der Waals surface area contributed by atoms with E-state index in [0.717, 1.165) is 41.8 Å². The lowest BCUT2D eigenvalue weighted by molar-refractivity contribution is 0.522. The van der Waals surface area contributed by atoms with Crippen LogP contribution in [0.1, 0.15) is 26.2 Å². The monoisotopic (exact) mass is 245 g/mol. The highest BCUT2D eigenvalue weighted by molar-refractivity contribution is 5.78. The topological polar surface area (TPSA) is 55.3 Å². The average molecular weight is 245 g/mol. The number of fused-ring (bicyclic) bond motifs is 1. The van der Waals surface area contributed by atoms with E-state index < -0.39 is 0 Å². The van der Waals surface area contributed by atoms with Crippen molar-refractivity contribution >= 4 is 22.8 Å². The van der Waals surface area contributed by atoms with Crippen molar-refractivity contribution in [3.63, 3.8) is 0 Å². The molecule has 1 unspecified atom stereocenters. The van der Waals surface area contributed by atoms with Gasteiger partial charge in [-0.3, -0.25) is 0 Å².